The highest BCUT2D eigenvalue weighted by atomic mass is 32.2. The van der Waals surface area contributed by atoms with Gasteiger partial charge in [0.05, 0.1) is 22.3 Å². The molecule has 4 atom stereocenters. The van der Waals surface area contributed by atoms with Gasteiger partial charge < -0.3 is 5.11 Å². The molecule has 8 heteroatoms. The Kier molecular flexibility index (Phi) is 5.15. The van der Waals surface area contributed by atoms with Gasteiger partial charge in [-0.05, 0) is 45.7 Å². The Morgan fingerprint density at radius 3 is 2.33 bits per heavy atom. The zero-order chi connectivity index (χ0) is 21.8. The van der Waals surface area contributed by atoms with Crippen LogP contribution in [0.3, 0.4) is 0 Å². The number of imide groups is 1. The smallest absolute Gasteiger partial charge is 0.238 e. The summed E-state index contributed by atoms with van der Waals surface area (Å²) in [4.78, 5) is 27.7. The van der Waals surface area contributed by atoms with Crippen LogP contribution in [-0.2, 0) is 19.6 Å². The molecule has 2 heterocycles. The summed E-state index contributed by atoms with van der Waals surface area (Å²) in [5.41, 5.74) is 1.42. The molecule has 0 spiro atoms. The molecule has 162 valence electrons. The molecule has 2 saturated heterocycles. The number of amides is 2. The Bertz CT molecular complexity index is 996. The molecule has 7 nitrogen and oxygen atoms in total. The number of sulfonamides is 1. The first-order valence-corrected chi connectivity index (χ1v) is 11.8. The lowest BCUT2D eigenvalue weighted by Crippen LogP contribution is -2.46. The van der Waals surface area contributed by atoms with Gasteiger partial charge in [-0.25, -0.2) is 8.42 Å². The van der Waals surface area contributed by atoms with Crippen LogP contribution in [0, 0.1) is 17.8 Å². The summed E-state index contributed by atoms with van der Waals surface area (Å²) in [5.74, 6) is -1.87. The van der Waals surface area contributed by atoms with Crippen LogP contribution in [0.4, 0.5) is 5.69 Å². The zero-order valence-corrected chi connectivity index (χ0v) is 18.3. The Hall–Kier alpha value is -2.03. The summed E-state index contributed by atoms with van der Waals surface area (Å²) in [7, 11) is -3.66. The van der Waals surface area contributed by atoms with E-state index in [0.29, 0.717) is 12.1 Å². The molecule has 3 aliphatic rings. The van der Waals surface area contributed by atoms with Gasteiger partial charge in [-0.15, -0.1) is 0 Å². The monoisotopic (exact) mass is 432 g/mol. The van der Waals surface area contributed by atoms with Crippen LogP contribution in [-0.4, -0.2) is 53.6 Å². The normalized spacial score (nSPS) is 29.7. The number of aliphatic hydroxyl groups is 1. The van der Waals surface area contributed by atoms with Gasteiger partial charge in [-0.3, -0.25) is 14.5 Å². The first kappa shape index (κ1) is 21.2. The van der Waals surface area contributed by atoms with Crippen molar-refractivity contribution < 1.29 is 23.1 Å². The maximum absolute atomic E-state index is 13.4. The van der Waals surface area contributed by atoms with Crippen molar-refractivity contribution in [3.8, 4) is 0 Å². The number of aliphatic hydroxyl groups excluding tert-OH is 1. The zero-order valence-electron chi connectivity index (χ0n) is 17.5. The number of carbonyl (C=O) groups excluding carboxylic acids is 2. The number of carbonyl (C=O) groups is 2. The van der Waals surface area contributed by atoms with E-state index in [0.717, 1.165) is 5.57 Å². The summed E-state index contributed by atoms with van der Waals surface area (Å²) in [5, 5.41) is 9.60. The van der Waals surface area contributed by atoms with E-state index in [4.69, 9.17) is 0 Å². The van der Waals surface area contributed by atoms with Gasteiger partial charge in [0.2, 0.25) is 21.8 Å². The number of hydrogen-bond donors (Lipinski definition) is 1. The third-order valence-corrected chi connectivity index (χ3v) is 9.12. The second-order valence-electron chi connectivity index (χ2n) is 9.24. The van der Waals surface area contributed by atoms with Gasteiger partial charge in [-0.2, -0.15) is 4.31 Å². The second kappa shape index (κ2) is 7.28. The number of rotatable bonds is 4. The number of anilines is 1. The quantitative estimate of drug-likeness (QED) is 0.580. The lowest BCUT2D eigenvalue weighted by molar-refractivity contribution is -0.122. The fourth-order valence-corrected chi connectivity index (χ4v) is 6.66. The second-order valence-corrected chi connectivity index (χ2v) is 11.9. The molecule has 0 unspecified atom stereocenters. The Morgan fingerprint density at radius 2 is 1.73 bits per heavy atom. The molecule has 4 rings (SSSR count). The molecule has 2 amide bonds. The molecule has 1 aromatic rings. The maximum Gasteiger partial charge on any atom is 0.238 e. The van der Waals surface area contributed by atoms with Crippen molar-refractivity contribution in [2.75, 3.05) is 18.1 Å². The van der Waals surface area contributed by atoms with Crippen LogP contribution in [0.2, 0.25) is 0 Å². The average Bonchev–Trinajstić information content (AvgIpc) is 3.18. The minimum atomic E-state index is -3.66. The number of allylic oxidation sites excluding steroid dienone is 1. The highest BCUT2D eigenvalue weighted by molar-refractivity contribution is 7.90. The molecule has 0 bridgehead atoms. The summed E-state index contributed by atoms with van der Waals surface area (Å²) in [6, 6.07) is 8.39. The van der Waals surface area contributed by atoms with E-state index < -0.39 is 32.6 Å². The van der Waals surface area contributed by atoms with Crippen LogP contribution in [0.1, 0.15) is 33.6 Å². The van der Waals surface area contributed by atoms with Crippen LogP contribution < -0.4 is 4.90 Å². The largest absolute Gasteiger partial charge is 0.396 e. The molecule has 0 radical (unpaired) electrons. The van der Waals surface area contributed by atoms with Gasteiger partial charge in [0.15, 0.2) is 0 Å². The van der Waals surface area contributed by atoms with Crippen molar-refractivity contribution in [2.24, 2.45) is 17.8 Å². The van der Waals surface area contributed by atoms with Crippen LogP contribution in [0.25, 0.3) is 0 Å². The molecule has 2 fully saturated rings. The minimum absolute atomic E-state index is 0.151. The predicted octanol–water partition coefficient (Wildman–Crippen LogP) is 1.93. The topological polar surface area (TPSA) is 95.0 Å². The molecule has 1 aliphatic carbocycles. The molecule has 1 N–H and O–H groups in total. The standard InChI is InChI=1S/C22H28N2O5S/c1-22(2,3)30(28,29)23-13-17-15(18(23)11-12-25)9-10-16-19(17)21(27)24(20(16)26)14-7-5-4-6-8-14/h4-9,16-19,25H,10-13H2,1-3H3/t16-,17-,18+,19-/m1/s1. The van der Waals surface area contributed by atoms with Crippen molar-refractivity contribution >= 4 is 27.5 Å². The average molecular weight is 433 g/mol. The van der Waals surface area contributed by atoms with Gasteiger partial charge in [0.1, 0.15) is 0 Å². The maximum atomic E-state index is 13.4. The molecular weight excluding hydrogens is 404 g/mol. The van der Waals surface area contributed by atoms with Crippen LogP contribution >= 0.6 is 0 Å². The van der Waals surface area contributed by atoms with Crippen LogP contribution in [0.15, 0.2) is 42.0 Å². The Morgan fingerprint density at radius 1 is 1.07 bits per heavy atom. The van der Waals surface area contributed by atoms with Crippen molar-refractivity contribution in [3.63, 3.8) is 0 Å². The summed E-state index contributed by atoms with van der Waals surface area (Å²) in [6.07, 6.45) is 2.62. The lowest BCUT2D eigenvalue weighted by Gasteiger charge is -2.31. The van der Waals surface area contributed by atoms with E-state index in [2.05, 4.69) is 0 Å². The number of fused-ring (bicyclic) bond motifs is 3. The van der Waals surface area contributed by atoms with Gasteiger partial charge in [0, 0.05) is 25.1 Å². The molecule has 30 heavy (non-hydrogen) atoms. The first-order valence-electron chi connectivity index (χ1n) is 10.3. The third-order valence-electron chi connectivity index (χ3n) is 6.55. The fraction of sp³-hybridized carbons (Fsp3) is 0.545. The minimum Gasteiger partial charge on any atom is -0.396 e. The summed E-state index contributed by atoms with van der Waals surface area (Å²) >= 11 is 0. The Balaban J connectivity index is 1.72. The van der Waals surface area contributed by atoms with Crippen molar-refractivity contribution in [1.29, 1.82) is 0 Å². The fourth-order valence-electron chi connectivity index (χ4n) is 5.04. The third kappa shape index (κ3) is 3.04. The lowest BCUT2D eigenvalue weighted by atomic mass is 9.73. The molecule has 0 aromatic heterocycles. The van der Waals surface area contributed by atoms with Crippen molar-refractivity contribution in [1.82, 2.24) is 4.31 Å². The first-order chi connectivity index (χ1) is 14.1. The molecule has 2 aliphatic heterocycles. The molecule has 1 aromatic carbocycles. The van der Waals surface area contributed by atoms with Gasteiger partial charge in [0.25, 0.3) is 0 Å². The van der Waals surface area contributed by atoms with E-state index in [-0.39, 0.29) is 37.3 Å². The SMILES string of the molecule is CC(C)(C)S(=O)(=O)N1C[C@@H]2C(=CC[C@H]3C(=O)N(c4ccccc4)C(=O)[C@@H]23)[C@@H]1CCO. The van der Waals surface area contributed by atoms with Crippen LogP contribution in [0.5, 0.6) is 0 Å². The number of hydrogen-bond acceptors (Lipinski definition) is 5. The van der Waals surface area contributed by atoms with E-state index in [1.807, 2.05) is 12.1 Å². The van der Waals surface area contributed by atoms with Crippen molar-refractivity contribution in [2.45, 2.75) is 44.4 Å². The van der Waals surface area contributed by atoms with Gasteiger partial charge in [-0.1, -0.05) is 29.8 Å². The van der Waals surface area contributed by atoms with Crippen molar-refractivity contribution in [3.05, 3.63) is 42.0 Å². The molecular formula is C22H28N2O5S. The Labute approximate surface area is 177 Å². The van der Waals surface area contributed by atoms with E-state index in [9.17, 15) is 23.1 Å². The summed E-state index contributed by atoms with van der Waals surface area (Å²) < 4.78 is 27.0. The highest BCUT2D eigenvalue weighted by Crippen LogP contribution is 2.49. The van der Waals surface area contributed by atoms with E-state index >= 15 is 0 Å². The number of benzene rings is 1. The van der Waals surface area contributed by atoms with E-state index in [1.54, 1.807) is 45.0 Å². The summed E-state index contributed by atoms with van der Waals surface area (Å²) in [6.45, 7) is 4.97. The van der Waals surface area contributed by atoms with Gasteiger partial charge >= 0.3 is 0 Å². The highest BCUT2D eigenvalue weighted by Gasteiger charge is 2.58. The molecule has 0 saturated carbocycles. The predicted molar refractivity (Wildman–Crippen MR) is 113 cm³/mol. The number of para-hydroxylation sites is 1. The van der Waals surface area contributed by atoms with E-state index in [1.165, 1.54) is 9.21 Å². The number of nitrogens with zero attached hydrogens (tertiary/aromatic N) is 2.